The maximum atomic E-state index is 6.30. The Labute approximate surface area is 122 Å². The predicted octanol–water partition coefficient (Wildman–Crippen LogP) is 4.01. The van der Waals surface area contributed by atoms with E-state index in [9.17, 15) is 0 Å². The average Bonchev–Trinajstić information content (AvgIpc) is 2.38. The molecular formula is C16H18BrNO. The molecule has 3 heteroatoms. The van der Waals surface area contributed by atoms with Crippen LogP contribution in [0.5, 0.6) is 5.75 Å². The van der Waals surface area contributed by atoms with Crippen molar-refractivity contribution in [3.05, 3.63) is 63.6 Å². The smallest absolute Gasteiger partial charge is 0.119 e. The molecule has 0 amide bonds. The number of rotatable bonds is 4. The molecule has 0 saturated carbocycles. The van der Waals surface area contributed by atoms with Gasteiger partial charge in [-0.1, -0.05) is 40.2 Å². The van der Waals surface area contributed by atoms with Gasteiger partial charge in [0.25, 0.3) is 0 Å². The third-order valence-electron chi connectivity index (χ3n) is 3.15. The number of halogens is 1. The van der Waals surface area contributed by atoms with E-state index in [2.05, 4.69) is 47.1 Å². The fraction of sp³-hybridized carbons (Fsp3) is 0.250. The molecule has 0 radical (unpaired) electrons. The van der Waals surface area contributed by atoms with E-state index in [1.807, 2.05) is 18.2 Å². The van der Waals surface area contributed by atoms with Gasteiger partial charge in [0.2, 0.25) is 0 Å². The summed E-state index contributed by atoms with van der Waals surface area (Å²) in [4.78, 5) is 0. The third-order valence-corrected chi connectivity index (χ3v) is 3.83. The zero-order valence-electron chi connectivity index (χ0n) is 11.2. The second kappa shape index (κ2) is 6.22. The molecule has 2 N–H and O–H groups in total. The first-order chi connectivity index (χ1) is 9.10. The maximum absolute atomic E-state index is 6.30. The highest BCUT2D eigenvalue weighted by molar-refractivity contribution is 9.10. The number of benzene rings is 2. The third kappa shape index (κ3) is 3.58. The molecule has 100 valence electrons. The summed E-state index contributed by atoms with van der Waals surface area (Å²) in [7, 11) is 1.68. The zero-order chi connectivity index (χ0) is 13.8. The van der Waals surface area contributed by atoms with Gasteiger partial charge in [0.15, 0.2) is 0 Å². The zero-order valence-corrected chi connectivity index (χ0v) is 12.8. The summed E-state index contributed by atoms with van der Waals surface area (Å²) in [6.07, 6.45) is 0.791. The molecule has 0 bridgehead atoms. The van der Waals surface area contributed by atoms with Gasteiger partial charge in [0.05, 0.1) is 7.11 Å². The van der Waals surface area contributed by atoms with Gasteiger partial charge in [-0.2, -0.15) is 0 Å². The van der Waals surface area contributed by atoms with E-state index in [0.717, 1.165) is 22.2 Å². The van der Waals surface area contributed by atoms with Crippen LogP contribution in [-0.2, 0) is 6.42 Å². The highest BCUT2D eigenvalue weighted by Gasteiger charge is 2.11. The van der Waals surface area contributed by atoms with Crippen molar-refractivity contribution in [3.63, 3.8) is 0 Å². The lowest BCUT2D eigenvalue weighted by atomic mass is 9.99. The summed E-state index contributed by atoms with van der Waals surface area (Å²) in [5.41, 5.74) is 9.84. The minimum atomic E-state index is -0.0259. The lowest BCUT2D eigenvalue weighted by Crippen LogP contribution is -2.14. The molecule has 0 saturated heterocycles. The van der Waals surface area contributed by atoms with Crippen molar-refractivity contribution in [2.45, 2.75) is 19.4 Å². The van der Waals surface area contributed by atoms with Crippen LogP contribution in [0.25, 0.3) is 0 Å². The number of hydrogen-bond acceptors (Lipinski definition) is 2. The van der Waals surface area contributed by atoms with Crippen LogP contribution in [0.4, 0.5) is 0 Å². The van der Waals surface area contributed by atoms with Crippen LogP contribution in [0.2, 0.25) is 0 Å². The topological polar surface area (TPSA) is 35.2 Å². The van der Waals surface area contributed by atoms with Crippen molar-refractivity contribution in [3.8, 4) is 5.75 Å². The molecule has 0 aliphatic rings. The van der Waals surface area contributed by atoms with Crippen LogP contribution in [0.3, 0.4) is 0 Å². The molecule has 0 aromatic heterocycles. The van der Waals surface area contributed by atoms with Crippen LogP contribution in [0.1, 0.15) is 22.7 Å². The van der Waals surface area contributed by atoms with Gasteiger partial charge in [-0.25, -0.2) is 0 Å². The first-order valence-corrected chi connectivity index (χ1v) is 7.04. The Morgan fingerprint density at radius 3 is 2.68 bits per heavy atom. The summed E-state index contributed by atoms with van der Waals surface area (Å²) in [6.45, 7) is 2.07. The molecular weight excluding hydrogens is 302 g/mol. The average molecular weight is 320 g/mol. The van der Waals surface area contributed by atoms with E-state index in [1.165, 1.54) is 11.1 Å². The summed E-state index contributed by atoms with van der Waals surface area (Å²) in [5.74, 6) is 0.868. The van der Waals surface area contributed by atoms with Gasteiger partial charge in [-0.3, -0.25) is 0 Å². The normalized spacial score (nSPS) is 12.2. The molecule has 19 heavy (non-hydrogen) atoms. The molecule has 0 heterocycles. The SMILES string of the molecule is COc1cccc(CC(N)c2ccc(C)cc2Br)c1. The molecule has 2 aromatic rings. The van der Waals surface area contributed by atoms with Crippen molar-refractivity contribution in [1.82, 2.24) is 0 Å². The Kier molecular flexibility index (Phi) is 4.61. The van der Waals surface area contributed by atoms with Crippen LogP contribution < -0.4 is 10.5 Å². The lowest BCUT2D eigenvalue weighted by Gasteiger charge is -2.15. The maximum Gasteiger partial charge on any atom is 0.119 e. The molecule has 0 spiro atoms. The van der Waals surface area contributed by atoms with Crippen molar-refractivity contribution in [2.75, 3.05) is 7.11 Å². The Balaban J connectivity index is 2.17. The Morgan fingerprint density at radius 1 is 1.21 bits per heavy atom. The van der Waals surface area contributed by atoms with Gasteiger partial charge < -0.3 is 10.5 Å². The minimum Gasteiger partial charge on any atom is -0.497 e. The fourth-order valence-corrected chi connectivity index (χ4v) is 2.88. The number of ether oxygens (including phenoxy) is 1. The van der Waals surface area contributed by atoms with E-state index >= 15 is 0 Å². The van der Waals surface area contributed by atoms with Crippen LogP contribution in [0, 0.1) is 6.92 Å². The standard InChI is InChI=1S/C16H18BrNO/c1-11-6-7-14(15(17)8-11)16(18)10-12-4-3-5-13(9-12)19-2/h3-9,16H,10,18H2,1-2H3. The Bertz CT molecular complexity index is 568. The van der Waals surface area contributed by atoms with Crippen LogP contribution in [-0.4, -0.2) is 7.11 Å². The van der Waals surface area contributed by atoms with Crippen molar-refractivity contribution < 1.29 is 4.74 Å². The molecule has 1 atom stereocenters. The van der Waals surface area contributed by atoms with Gasteiger partial charge in [-0.05, 0) is 48.2 Å². The molecule has 2 aromatic carbocycles. The summed E-state index contributed by atoms with van der Waals surface area (Å²) in [6, 6.07) is 14.3. The fourth-order valence-electron chi connectivity index (χ4n) is 2.10. The lowest BCUT2D eigenvalue weighted by molar-refractivity contribution is 0.414. The van der Waals surface area contributed by atoms with E-state index in [-0.39, 0.29) is 6.04 Å². The first kappa shape index (κ1) is 14.1. The van der Waals surface area contributed by atoms with Crippen LogP contribution >= 0.6 is 15.9 Å². The number of hydrogen-bond donors (Lipinski definition) is 1. The van der Waals surface area contributed by atoms with Crippen molar-refractivity contribution >= 4 is 15.9 Å². The Morgan fingerprint density at radius 2 is 2.00 bits per heavy atom. The molecule has 2 rings (SSSR count). The monoisotopic (exact) mass is 319 g/mol. The van der Waals surface area contributed by atoms with E-state index in [0.29, 0.717) is 0 Å². The number of aryl methyl sites for hydroxylation is 1. The van der Waals surface area contributed by atoms with Gasteiger partial charge >= 0.3 is 0 Å². The predicted molar refractivity (Wildman–Crippen MR) is 82.5 cm³/mol. The number of nitrogens with two attached hydrogens (primary N) is 1. The second-order valence-corrected chi connectivity index (χ2v) is 5.54. The summed E-state index contributed by atoms with van der Waals surface area (Å²) >= 11 is 3.58. The molecule has 0 fully saturated rings. The van der Waals surface area contributed by atoms with E-state index in [4.69, 9.17) is 10.5 Å². The molecule has 0 aliphatic carbocycles. The Hall–Kier alpha value is -1.32. The summed E-state index contributed by atoms with van der Waals surface area (Å²) < 4.78 is 6.30. The largest absolute Gasteiger partial charge is 0.497 e. The molecule has 0 aliphatic heterocycles. The van der Waals surface area contributed by atoms with Gasteiger partial charge in [0, 0.05) is 10.5 Å². The second-order valence-electron chi connectivity index (χ2n) is 4.69. The summed E-state index contributed by atoms with van der Waals surface area (Å²) in [5, 5.41) is 0. The van der Waals surface area contributed by atoms with Gasteiger partial charge in [-0.15, -0.1) is 0 Å². The quantitative estimate of drug-likeness (QED) is 0.924. The molecule has 2 nitrogen and oxygen atoms in total. The van der Waals surface area contributed by atoms with E-state index in [1.54, 1.807) is 7.11 Å². The van der Waals surface area contributed by atoms with Crippen LogP contribution in [0.15, 0.2) is 46.9 Å². The molecule has 1 unspecified atom stereocenters. The van der Waals surface area contributed by atoms with Crippen molar-refractivity contribution in [1.29, 1.82) is 0 Å². The van der Waals surface area contributed by atoms with Gasteiger partial charge in [0.1, 0.15) is 5.75 Å². The highest BCUT2D eigenvalue weighted by atomic mass is 79.9. The highest BCUT2D eigenvalue weighted by Crippen LogP contribution is 2.26. The van der Waals surface area contributed by atoms with Crippen molar-refractivity contribution in [2.24, 2.45) is 5.73 Å². The minimum absolute atomic E-state index is 0.0259. The number of methoxy groups -OCH3 is 1. The van der Waals surface area contributed by atoms with E-state index < -0.39 is 0 Å². The first-order valence-electron chi connectivity index (χ1n) is 6.24.